The number of rotatable bonds is 20. The average molecular weight is 523 g/mol. The molecule has 202 valence electrons. The van der Waals surface area contributed by atoms with Gasteiger partial charge in [-0.3, -0.25) is 9.35 Å². The zero-order chi connectivity index (χ0) is 26.7. The van der Waals surface area contributed by atoms with Gasteiger partial charge in [-0.1, -0.05) is 64.7 Å². The largest absolute Gasteiger partial charge is 0.481 e. The summed E-state index contributed by atoms with van der Waals surface area (Å²) in [5.74, 6) is -0.994. The number of carbonyl (C=O) groups is 1. The van der Waals surface area contributed by atoms with E-state index >= 15 is 0 Å². The van der Waals surface area contributed by atoms with E-state index in [0.29, 0.717) is 6.42 Å². The summed E-state index contributed by atoms with van der Waals surface area (Å²) in [5.41, 5.74) is 9.83. The first kappa shape index (κ1) is 38.7. The third kappa shape index (κ3) is 36.8. The Labute approximate surface area is 226 Å². The van der Waals surface area contributed by atoms with Crippen molar-refractivity contribution < 1.29 is 32.2 Å². The molecule has 0 aliphatic rings. The zero-order valence-electron chi connectivity index (χ0n) is 22.0. The molecule has 0 bridgehead atoms. The van der Waals surface area contributed by atoms with Crippen LogP contribution >= 0.6 is 0 Å². The van der Waals surface area contributed by atoms with E-state index in [9.17, 15) is 13.2 Å². The first-order chi connectivity index (χ1) is 16.0. The standard InChI is InChI=1S/C12H26O4S.C6H14N2O3.C5H11.Na/c1-2-3-4-5-6-7-8-9-10-11-12-16-17(13,14)15;7-4-6(8,1-2-9)3-5(10)11;1-3-5-4-2;/h2-12H2,1H3,(H,13,14,15);9H,1-4,7-8H2,(H,10,11);1,3-5H2,2H3;. The second kappa shape index (κ2) is 27.8. The number of aliphatic hydroxyl groups excluding tert-OH is 1. The van der Waals surface area contributed by atoms with Gasteiger partial charge in [0.05, 0.1) is 13.0 Å². The molecule has 0 fully saturated rings. The molecule has 0 spiro atoms. The van der Waals surface area contributed by atoms with Crippen LogP contribution in [0.5, 0.6) is 0 Å². The number of hydrogen-bond acceptors (Lipinski definition) is 7. The van der Waals surface area contributed by atoms with E-state index in [-0.39, 0.29) is 32.6 Å². The molecule has 0 heterocycles. The van der Waals surface area contributed by atoms with Gasteiger partial charge in [0, 0.05) is 18.7 Å². The molecule has 1 atom stereocenters. The summed E-state index contributed by atoms with van der Waals surface area (Å²) in [6, 6.07) is 0. The van der Waals surface area contributed by atoms with Gasteiger partial charge >= 0.3 is 74.2 Å². The van der Waals surface area contributed by atoms with E-state index in [2.05, 4.69) is 18.0 Å². The van der Waals surface area contributed by atoms with E-state index < -0.39 is 21.9 Å². The number of hydrogen-bond donors (Lipinski definition) is 5. The molecule has 0 rings (SSSR count). The Balaban J connectivity index is -0.000000482. The predicted octanol–water partition coefficient (Wildman–Crippen LogP) is 3.99. The zero-order valence-corrected chi connectivity index (χ0v) is 24.8. The van der Waals surface area contributed by atoms with Gasteiger partial charge < -0.3 is 21.7 Å². The van der Waals surface area contributed by atoms with Crippen molar-refractivity contribution >= 4 is 44.3 Å². The van der Waals surface area contributed by atoms with Crippen LogP contribution < -0.4 is 11.5 Å². The van der Waals surface area contributed by atoms with Crippen molar-refractivity contribution in [3.63, 3.8) is 0 Å². The molecule has 9 nitrogen and oxygen atoms in total. The number of nitrogens with two attached hydrogens (primary N) is 2. The number of carboxylic acid groups (broad SMARTS) is 1. The summed E-state index contributed by atoms with van der Waals surface area (Å²) in [7, 11) is -4.23. The van der Waals surface area contributed by atoms with Crippen LogP contribution in [0.4, 0.5) is 0 Å². The van der Waals surface area contributed by atoms with Gasteiger partial charge in [-0.2, -0.15) is 8.42 Å². The fourth-order valence-electron chi connectivity index (χ4n) is 3.04. The number of unbranched alkanes of at least 4 members (excludes halogenated alkanes) is 11. The molecule has 0 aliphatic heterocycles. The smallest absolute Gasteiger partial charge is 0.305 e. The van der Waals surface area contributed by atoms with Gasteiger partial charge in [0.1, 0.15) is 0 Å². The SMILES string of the molecule is CCCCCCCCCCCCOS(=O)(=O)O.CCCC[CH2][Na].NCC(N)(CCO)CC(=O)O. The van der Waals surface area contributed by atoms with Gasteiger partial charge in [0.2, 0.25) is 0 Å². The van der Waals surface area contributed by atoms with Crippen molar-refractivity contribution in [1.29, 1.82) is 0 Å². The third-order valence-corrected chi connectivity index (χ3v) is 6.38. The van der Waals surface area contributed by atoms with Gasteiger partial charge in [0.15, 0.2) is 0 Å². The maximum Gasteiger partial charge on any atom is 0.305 e. The van der Waals surface area contributed by atoms with Crippen molar-refractivity contribution in [2.45, 2.75) is 119 Å². The topological polar surface area (TPSA) is 173 Å². The minimum absolute atomic E-state index is 0.0693. The minimum atomic E-state index is -4.23. The molecule has 0 saturated heterocycles. The van der Waals surface area contributed by atoms with E-state index in [1.54, 1.807) is 0 Å². The van der Waals surface area contributed by atoms with Crippen LogP contribution in [0.15, 0.2) is 0 Å². The Hall–Kier alpha value is 0.220. The number of aliphatic hydroxyl groups is 1. The van der Waals surface area contributed by atoms with E-state index in [1.807, 2.05) is 0 Å². The summed E-state index contributed by atoms with van der Waals surface area (Å²) < 4.78 is 34.5. The second-order valence-electron chi connectivity index (χ2n) is 8.75. The van der Waals surface area contributed by atoms with E-state index in [0.717, 1.165) is 12.8 Å². The maximum atomic E-state index is 10.2. The first-order valence-corrected chi connectivity index (χ1v) is 15.7. The summed E-state index contributed by atoms with van der Waals surface area (Å²) in [5, 5.41) is 16.9. The normalized spacial score (nSPS) is 12.7. The molecule has 1 unspecified atom stereocenters. The molecular weight excluding hydrogens is 471 g/mol. The Morgan fingerprint density at radius 1 is 0.912 bits per heavy atom. The van der Waals surface area contributed by atoms with E-state index in [1.165, 1.54) is 95.8 Å². The molecule has 0 aromatic rings. The predicted molar refractivity (Wildman–Crippen MR) is 139 cm³/mol. The van der Waals surface area contributed by atoms with Gasteiger partial charge in [-0.05, 0) is 12.8 Å². The Morgan fingerprint density at radius 2 is 1.35 bits per heavy atom. The van der Waals surface area contributed by atoms with Crippen molar-refractivity contribution in [2.75, 3.05) is 19.8 Å². The van der Waals surface area contributed by atoms with Crippen LogP contribution in [0, 0.1) is 0 Å². The molecule has 11 heteroatoms. The fraction of sp³-hybridized carbons (Fsp3) is 0.957. The van der Waals surface area contributed by atoms with Crippen LogP contribution in [0.25, 0.3) is 0 Å². The summed E-state index contributed by atoms with van der Waals surface area (Å²) in [4.78, 5) is 10.2. The molecular formula is C23H51N2NaO7S. The van der Waals surface area contributed by atoms with Crippen molar-refractivity contribution in [3.8, 4) is 0 Å². The van der Waals surface area contributed by atoms with Crippen LogP contribution in [0.3, 0.4) is 0 Å². The van der Waals surface area contributed by atoms with Gasteiger partial charge in [0.25, 0.3) is 0 Å². The molecule has 0 aromatic heterocycles. The van der Waals surface area contributed by atoms with Gasteiger partial charge in [-0.25, -0.2) is 4.18 Å². The average Bonchev–Trinajstić information content (AvgIpc) is 2.76. The fourth-order valence-corrected chi connectivity index (χ4v) is 3.87. The monoisotopic (exact) mass is 522 g/mol. The maximum absolute atomic E-state index is 10.2. The van der Waals surface area contributed by atoms with Crippen molar-refractivity contribution in [1.82, 2.24) is 0 Å². The number of carboxylic acids is 1. The van der Waals surface area contributed by atoms with Gasteiger partial charge in [-0.15, -0.1) is 0 Å². The van der Waals surface area contributed by atoms with Crippen LogP contribution in [0.1, 0.15) is 110 Å². The van der Waals surface area contributed by atoms with Crippen molar-refractivity contribution in [2.24, 2.45) is 11.5 Å². The molecule has 0 radical (unpaired) electrons. The summed E-state index contributed by atoms with van der Waals surface area (Å²) >= 11 is 1.40. The summed E-state index contributed by atoms with van der Waals surface area (Å²) in [6.07, 6.45) is 16.2. The van der Waals surface area contributed by atoms with Crippen molar-refractivity contribution in [3.05, 3.63) is 0 Å². The molecule has 7 N–H and O–H groups in total. The molecule has 0 aliphatic carbocycles. The Kier molecular flexibility index (Phi) is 31.7. The van der Waals surface area contributed by atoms with Crippen LogP contribution in [-0.4, -0.2) is 82.4 Å². The Morgan fingerprint density at radius 3 is 1.68 bits per heavy atom. The minimum Gasteiger partial charge on any atom is -0.481 e. The summed E-state index contributed by atoms with van der Waals surface area (Å²) in [6.45, 7) is 4.49. The molecule has 0 amide bonds. The molecule has 0 aromatic carbocycles. The molecule has 34 heavy (non-hydrogen) atoms. The quantitative estimate of drug-likeness (QED) is 0.0899. The molecule has 0 saturated carbocycles. The second-order valence-corrected chi connectivity index (χ2v) is 10.8. The van der Waals surface area contributed by atoms with E-state index in [4.69, 9.17) is 26.2 Å². The first-order valence-electron chi connectivity index (χ1n) is 12.9. The Bertz CT molecular complexity index is 535. The van der Waals surface area contributed by atoms with Crippen LogP contribution in [-0.2, 0) is 19.4 Å². The number of aliphatic carboxylic acids is 1. The van der Waals surface area contributed by atoms with Crippen LogP contribution in [0.2, 0.25) is 3.67 Å². The third-order valence-electron chi connectivity index (χ3n) is 5.21.